The van der Waals surface area contributed by atoms with Crippen LogP contribution in [-0.2, 0) is 9.53 Å². The zero-order valence-corrected chi connectivity index (χ0v) is 12.1. The number of hydrogen-bond donors (Lipinski definition) is 1. The average Bonchev–Trinajstić information content (AvgIpc) is 2.37. The minimum atomic E-state index is 0.0178. The van der Waals surface area contributed by atoms with E-state index in [2.05, 4.69) is 5.32 Å². The third-order valence-electron chi connectivity index (χ3n) is 2.45. The van der Waals surface area contributed by atoms with E-state index in [1.807, 2.05) is 19.1 Å². The van der Waals surface area contributed by atoms with Crippen molar-refractivity contribution in [3.05, 3.63) is 29.3 Å². The first-order valence-corrected chi connectivity index (χ1v) is 6.66. The van der Waals surface area contributed by atoms with Gasteiger partial charge in [0.25, 0.3) is 0 Å². The quantitative estimate of drug-likeness (QED) is 0.747. The van der Waals surface area contributed by atoms with Gasteiger partial charge >= 0.3 is 0 Å². The molecule has 0 aliphatic carbocycles. The largest absolute Gasteiger partial charge is 0.494 e. The summed E-state index contributed by atoms with van der Waals surface area (Å²) in [4.78, 5) is 11.5. The van der Waals surface area contributed by atoms with Crippen LogP contribution in [0.25, 0.3) is 0 Å². The Morgan fingerprint density at radius 2 is 2.05 bits per heavy atom. The molecule has 106 valence electrons. The number of amides is 1. The molecule has 19 heavy (non-hydrogen) atoms. The lowest BCUT2D eigenvalue weighted by molar-refractivity contribution is -0.122. The molecule has 0 saturated carbocycles. The third-order valence-corrected chi connectivity index (χ3v) is 2.71. The maximum Gasteiger partial charge on any atom is 0.220 e. The van der Waals surface area contributed by atoms with E-state index in [-0.39, 0.29) is 11.9 Å². The first-order chi connectivity index (χ1) is 9.11. The van der Waals surface area contributed by atoms with Crippen LogP contribution in [-0.4, -0.2) is 32.3 Å². The van der Waals surface area contributed by atoms with E-state index in [0.29, 0.717) is 31.1 Å². The second-order valence-electron chi connectivity index (χ2n) is 4.33. The molecule has 0 bridgehead atoms. The molecule has 0 spiro atoms. The van der Waals surface area contributed by atoms with Gasteiger partial charge in [-0.3, -0.25) is 4.79 Å². The Morgan fingerprint density at radius 3 is 2.68 bits per heavy atom. The summed E-state index contributed by atoms with van der Waals surface area (Å²) in [6.07, 6.45) is 1.12. The van der Waals surface area contributed by atoms with Crippen LogP contribution in [0.3, 0.4) is 0 Å². The Morgan fingerprint density at radius 1 is 1.37 bits per heavy atom. The Hall–Kier alpha value is -1.26. The van der Waals surface area contributed by atoms with Gasteiger partial charge in [0, 0.05) is 24.6 Å². The summed E-state index contributed by atoms with van der Waals surface area (Å²) in [5.41, 5.74) is 0. The van der Waals surface area contributed by atoms with Crippen LogP contribution >= 0.6 is 11.6 Å². The van der Waals surface area contributed by atoms with Crippen molar-refractivity contribution in [2.24, 2.45) is 0 Å². The maximum atomic E-state index is 11.5. The van der Waals surface area contributed by atoms with Gasteiger partial charge in [0.05, 0.1) is 13.2 Å². The van der Waals surface area contributed by atoms with E-state index < -0.39 is 0 Å². The highest BCUT2D eigenvalue weighted by Gasteiger charge is 2.06. The summed E-state index contributed by atoms with van der Waals surface area (Å²) in [6, 6.07) is 7.20. The molecule has 1 atom stereocenters. The van der Waals surface area contributed by atoms with Gasteiger partial charge in [-0.25, -0.2) is 0 Å². The van der Waals surface area contributed by atoms with Crippen LogP contribution in [0.15, 0.2) is 24.3 Å². The monoisotopic (exact) mass is 285 g/mol. The predicted octanol–water partition coefficient (Wildman–Crippen LogP) is 2.65. The molecule has 0 unspecified atom stereocenters. The molecule has 1 amide bonds. The number of carbonyl (C=O) groups is 1. The normalized spacial score (nSPS) is 11.9. The number of rotatable bonds is 8. The van der Waals surface area contributed by atoms with Gasteiger partial charge in [-0.15, -0.1) is 0 Å². The van der Waals surface area contributed by atoms with E-state index in [1.165, 1.54) is 0 Å². The van der Waals surface area contributed by atoms with Gasteiger partial charge < -0.3 is 14.8 Å². The molecule has 1 aromatic rings. The van der Waals surface area contributed by atoms with Crippen LogP contribution in [0.5, 0.6) is 5.75 Å². The SMILES string of the molecule is COC[C@H](C)NC(=O)CCCOc1ccc(Cl)cc1. The van der Waals surface area contributed by atoms with Gasteiger partial charge in [0.1, 0.15) is 5.75 Å². The van der Waals surface area contributed by atoms with Gasteiger partial charge in [-0.1, -0.05) is 11.6 Å². The van der Waals surface area contributed by atoms with E-state index in [0.717, 1.165) is 5.75 Å². The van der Waals surface area contributed by atoms with Gasteiger partial charge in [-0.05, 0) is 37.6 Å². The number of ether oxygens (including phenoxy) is 2. The molecule has 0 aliphatic rings. The van der Waals surface area contributed by atoms with E-state index in [1.54, 1.807) is 19.2 Å². The molecular weight excluding hydrogens is 266 g/mol. The van der Waals surface area contributed by atoms with Crippen molar-refractivity contribution in [2.75, 3.05) is 20.3 Å². The fourth-order valence-corrected chi connectivity index (χ4v) is 1.72. The van der Waals surface area contributed by atoms with Gasteiger partial charge in [0.15, 0.2) is 0 Å². The summed E-state index contributed by atoms with van der Waals surface area (Å²) in [5.74, 6) is 0.779. The number of hydrogen-bond acceptors (Lipinski definition) is 3. The molecule has 4 nitrogen and oxygen atoms in total. The molecule has 1 N–H and O–H groups in total. The lowest BCUT2D eigenvalue weighted by atomic mass is 10.2. The number of halogens is 1. The molecule has 0 radical (unpaired) electrons. The van der Waals surface area contributed by atoms with Crippen LogP contribution < -0.4 is 10.1 Å². The summed E-state index contributed by atoms with van der Waals surface area (Å²) in [5, 5.41) is 3.53. The zero-order valence-electron chi connectivity index (χ0n) is 11.3. The van der Waals surface area contributed by atoms with Crippen LogP contribution in [0.4, 0.5) is 0 Å². The van der Waals surface area contributed by atoms with Crippen molar-refractivity contribution in [3.63, 3.8) is 0 Å². The van der Waals surface area contributed by atoms with Crippen molar-refractivity contribution in [2.45, 2.75) is 25.8 Å². The first-order valence-electron chi connectivity index (χ1n) is 6.28. The first kappa shape index (κ1) is 15.8. The van der Waals surface area contributed by atoms with Crippen molar-refractivity contribution in [1.82, 2.24) is 5.32 Å². The fourth-order valence-electron chi connectivity index (χ4n) is 1.59. The highest BCUT2D eigenvalue weighted by molar-refractivity contribution is 6.30. The summed E-state index contributed by atoms with van der Waals surface area (Å²) in [7, 11) is 1.61. The second kappa shape index (κ2) is 8.77. The standard InChI is InChI=1S/C14H20ClNO3/c1-11(10-18-2)16-14(17)4-3-9-19-13-7-5-12(15)6-8-13/h5-8,11H,3-4,9-10H2,1-2H3,(H,16,17)/t11-/m0/s1. The molecule has 0 aliphatic heterocycles. The molecule has 1 aromatic carbocycles. The Bertz CT molecular complexity index is 381. The van der Waals surface area contributed by atoms with Crippen molar-refractivity contribution in [3.8, 4) is 5.75 Å². The lowest BCUT2D eigenvalue weighted by Crippen LogP contribution is -2.35. The third kappa shape index (κ3) is 7.03. The van der Waals surface area contributed by atoms with Crippen LogP contribution in [0.1, 0.15) is 19.8 Å². The number of nitrogens with one attached hydrogen (secondary N) is 1. The fraction of sp³-hybridized carbons (Fsp3) is 0.500. The molecule has 5 heteroatoms. The Labute approximate surface area is 119 Å². The van der Waals surface area contributed by atoms with E-state index in [9.17, 15) is 4.79 Å². The van der Waals surface area contributed by atoms with Crippen molar-refractivity contribution in [1.29, 1.82) is 0 Å². The second-order valence-corrected chi connectivity index (χ2v) is 4.77. The average molecular weight is 286 g/mol. The molecule has 0 heterocycles. The smallest absolute Gasteiger partial charge is 0.220 e. The summed E-state index contributed by atoms with van der Waals surface area (Å²) < 4.78 is 10.4. The molecular formula is C14H20ClNO3. The van der Waals surface area contributed by atoms with Gasteiger partial charge in [0.2, 0.25) is 5.91 Å². The van der Waals surface area contributed by atoms with E-state index in [4.69, 9.17) is 21.1 Å². The number of methoxy groups -OCH3 is 1. The predicted molar refractivity (Wildman–Crippen MR) is 75.7 cm³/mol. The molecule has 0 aromatic heterocycles. The highest BCUT2D eigenvalue weighted by atomic mass is 35.5. The molecule has 0 fully saturated rings. The molecule has 0 saturated heterocycles. The highest BCUT2D eigenvalue weighted by Crippen LogP contribution is 2.15. The zero-order chi connectivity index (χ0) is 14.1. The summed E-state index contributed by atoms with van der Waals surface area (Å²) in [6.45, 7) is 2.94. The molecule has 1 rings (SSSR count). The van der Waals surface area contributed by atoms with Crippen molar-refractivity contribution >= 4 is 17.5 Å². The maximum absolute atomic E-state index is 11.5. The summed E-state index contributed by atoms with van der Waals surface area (Å²) >= 11 is 5.77. The minimum Gasteiger partial charge on any atom is -0.494 e. The Kier molecular flexibility index (Phi) is 7.30. The van der Waals surface area contributed by atoms with Gasteiger partial charge in [-0.2, -0.15) is 0 Å². The topological polar surface area (TPSA) is 47.6 Å². The number of carbonyl (C=O) groups excluding carboxylic acids is 1. The van der Waals surface area contributed by atoms with Crippen LogP contribution in [0, 0.1) is 0 Å². The Balaban J connectivity index is 2.13. The minimum absolute atomic E-state index is 0.0178. The lowest BCUT2D eigenvalue weighted by Gasteiger charge is -2.12. The van der Waals surface area contributed by atoms with E-state index >= 15 is 0 Å². The number of benzene rings is 1. The van der Waals surface area contributed by atoms with Crippen LogP contribution in [0.2, 0.25) is 5.02 Å². The van der Waals surface area contributed by atoms with Crippen molar-refractivity contribution < 1.29 is 14.3 Å².